The van der Waals surface area contributed by atoms with Gasteiger partial charge in [-0.15, -0.1) is 0 Å². The second kappa shape index (κ2) is 12.7. The Morgan fingerprint density at radius 3 is 2.20 bits per heavy atom. The van der Waals surface area contributed by atoms with E-state index in [4.69, 9.17) is 0 Å². The molecule has 0 aliphatic heterocycles. The zero-order chi connectivity index (χ0) is 27.5. The third kappa shape index (κ3) is 5.91. The number of aryl methyl sites for hydroxylation is 2. The minimum absolute atomic E-state index is 0. The molecule has 40 heavy (non-hydrogen) atoms. The van der Waals surface area contributed by atoms with Gasteiger partial charge in [-0.05, 0) is 55.2 Å². The summed E-state index contributed by atoms with van der Waals surface area (Å²) in [7, 11) is 0. The van der Waals surface area contributed by atoms with Crippen LogP contribution in [0.4, 0.5) is 8.78 Å². The Hall–Kier alpha value is -3.66. The molecule has 0 amide bonds. The van der Waals surface area contributed by atoms with Gasteiger partial charge >= 0.3 is 35.3 Å². The molecule has 0 radical (unpaired) electrons. The van der Waals surface area contributed by atoms with Gasteiger partial charge in [-0.3, -0.25) is 18.9 Å². The van der Waals surface area contributed by atoms with Gasteiger partial charge in [0.25, 0.3) is 5.56 Å². The van der Waals surface area contributed by atoms with Gasteiger partial charge in [-0.1, -0.05) is 61.0 Å². The van der Waals surface area contributed by atoms with Gasteiger partial charge in [-0.2, -0.15) is 0 Å². The number of H-pyrrole nitrogens is 1. The summed E-state index contributed by atoms with van der Waals surface area (Å²) in [5.74, 6) is -1.66. The van der Waals surface area contributed by atoms with Crippen LogP contribution in [0, 0.1) is 18.6 Å². The van der Waals surface area contributed by atoms with Gasteiger partial charge < -0.3 is 0 Å². The Balaban J connectivity index is 0.00000370. The maximum atomic E-state index is 15.6. The normalized spacial score (nSPS) is 10.9. The molecule has 0 bridgehead atoms. The van der Waals surface area contributed by atoms with Crippen LogP contribution in [0.3, 0.4) is 0 Å². The van der Waals surface area contributed by atoms with E-state index in [1.807, 2.05) is 25.1 Å². The maximum absolute atomic E-state index is 15.6. The topological polar surface area (TPSA) is 93.8 Å². The average Bonchev–Trinajstić information content (AvgIpc) is 3.37. The molecule has 0 atom stereocenters. The molecular weight excluding hydrogens is 525 g/mol. The number of unbranched alkanes of at least 4 members (excludes halogenated alkanes) is 1. The van der Waals surface area contributed by atoms with E-state index >= 15 is 8.78 Å². The van der Waals surface area contributed by atoms with Gasteiger partial charge in [0.05, 0.1) is 11.4 Å². The number of rotatable bonds is 8. The van der Waals surface area contributed by atoms with Gasteiger partial charge in [-0.25, -0.2) is 18.6 Å². The van der Waals surface area contributed by atoms with Crippen molar-refractivity contribution in [1.82, 2.24) is 19.7 Å². The van der Waals surface area contributed by atoms with Crippen molar-refractivity contribution in [2.75, 3.05) is 0 Å². The van der Waals surface area contributed by atoms with E-state index in [1.165, 1.54) is 16.7 Å². The first kappa shape index (κ1) is 29.3. The van der Waals surface area contributed by atoms with Crippen molar-refractivity contribution < 1.29 is 13.3 Å². The molecule has 200 valence electrons. The zero-order valence-electron chi connectivity index (χ0n) is 21.5. The Bertz CT molecular complexity index is 1740. The monoisotopic (exact) mass is 552 g/mol. The number of benzene rings is 3. The Labute approximate surface area is 251 Å². The fourth-order valence-electron chi connectivity index (χ4n) is 4.72. The van der Waals surface area contributed by atoms with Crippen molar-refractivity contribution in [3.8, 4) is 28.2 Å². The predicted molar refractivity (Wildman–Crippen MR) is 151 cm³/mol. The van der Waals surface area contributed by atoms with E-state index in [2.05, 4.69) is 19.6 Å². The molecule has 0 spiro atoms. The molecule has 2 heterocycles. The van der Waals surface area contributed by atoms with E-state index in [9.17, 15) is 9.59 Å². The molecule has 1 N–H and O–H groups in total. The fraction of sp³-hybridized carbons (Fsp3) is 0.200. The second-order valence-electron chi connectivity index (χ2n) is 9.25. The number of halogens is 2. The molecule has 0 saturated carbocycles. The van der Waals surface area contributed by atoms with Crippen molar-refractivity contribution in [2.24, 2.45) is 0 Å². The standard InChI is InChI=1S/C30H26F2N4O3.Na.H/c1-3-4-14-27-24(29(37)36(18(2)33-27)20-10-6-5-7-11-20)17-23-25(31)15-19(16-26(23)32)21-12-8-9-13-22(21)28-34-30(38)39-35-28;;/h5-13,15-16H,3-4,14,17H2,1-2H3,(H,34,35,38);;. The van der Waals surface area contributed by atoms with Gasteiger partial charge in [0.2, 0.25) is 0 Å². The first-order chi connectivity index (χ1) is 18.9. The van der Waals surface area contributed by atoms with Crippen molar-refractivity contribution in [2.45, 2.75) is 39.5 Å². The Kier molecular flexibility index (Phi) is 9.29. The van der Waals surface area contributed by atoms with Gasteiger partial charge in [0.15, 0.2) is 5.82 Å². The van der Waals surface area contributed by atoms with E-state index in [-0.39, 0.29) is 64.1 Å². The molecule has 0 unspecified atom stereocenters. The molecule has 2 aromatic heterocycles. The van der Waals surface area contributed by atoms with E-state index in [0.717, 1.165) is 12.8 Å². The van der Waals surface area contributed by atoms with Crippen LogP contribution in [0.5, 0.6) is 0 Å². The number of hydrogen-bond acceptors (Lipinski definition) is 5. The third-order valence-electron chi connectivity index (χ3n) is 6.64. The molecule has 0 aliphatic rings. The quantitative estimate of drug-likeness (QED) is 0.270. The van der Waals surface area contributed by atoms with Crippen molar-refractivity contribution >= 4 is 29.6 Å². The van der Waals surface area contributed by atoms with Crippen molar-refractivity contribution in [3.63, 3.8) is 0 Å². The van der Waals surface area contributed by atoms with Crippen LogP contribution in [-0.2, 0) is 12.8 Å². The molecule has 0 aliphatic carbocycles. The summed E-state index contributed by atoms with van der Waals surface area (Å²) >= 11 is 0. The minimum atomic E-state index is -0.791. The van der Waals surface area contributed by atoms with Crippen LogP contribution in [0.25, 0.3) is 28.2 Å². The summed E-state index contributed by atoms with van der Waals surface area (Å²) in [4.78, 5) is 32.3. The molecule has 7 nitrogen and oxygen atoms in total. The summed E-state index contributed by atoms with van der Waals surface area (Å²) in [5.41, 5.74) is 2.05. The van der Waals surface area contributed by atoms with Gasteiger partial charge in [0, 0.05) is 23.1 Å². The van der Waals surface area contributed by atoms with E-state index in [1.54, 1.807) is 43.3 Å². The SMILES string of the molecule is CCCCc1nc(C)n(-c2ccccc2)c(=O)c1Cc1c(F)cc(-c2ccccc2-c2noc(=O)[nH]2)cc1F.[NaH]. The van der Waals surface area contributed by atoms with Crippen LogP contribution in [-0.4, -0.2) is 49.2 Å². The molecule has 5 aromatic rings. The number of aromatic nitrogens is 4. The van der Waals surface area contributed by atoms with E-state index in [0.29, 0.717) is 34.8 Å². The molecule has 3 aromatic carbocycles. The number of aromatic amines is 1. The van der Waals surface area contributed by atoms with Crippen LogP contribution >= 0.6 is 0 Å². The van der Waals surface area contributed by atoms with Crippen LogP contribution in [0.2, 0.25) is 0 Å². The molecule has 5 rings (SSSR count). The number of nitrogens with one attached hydrogen (secondary N) is 1. The molecular formula is C30H27F2N4NaO3. The number of nitrogens with zero attached hydrogens (tertiary/aromatic N) is 3. The summed E-state index contributed by atoms with van der Waals surface area (Å²) < 4.78 is 37.2. The Morgan fingerprint density at radius 2 is 1.57 bits per heavy atom. The second-order valence-corrected chi connectivity index (χ2v) is 9.25. The summed E-state index contributed by atoms with van der Waals surface area (Å²) in [5, 5.41) is 3.70. The molecule has 10 heteroatoms. The summed E-state index contributed by atoms with van der Waals surface area (Å²) in [6.45, 7) is 3.78. The average molecular weight is 553 g/mol. The van der Waals surface area contributed by atoms with Crippen LogP contribution < -0.4 is 11.3 Å². The van der Waals surface area contributed by atoms with Crippen LogP contribution in [0.1, 0.15) is 42.4 Å². The van der Waals surface area contributed by atoms with E-state index < -0.39 is 17.4 Å². The zero-order valence-corrected chi connectivity index (χ0v) is 21.5. The number of hydrogen-bond donors (Lipinski definition) is 1. The molecule has 0 fully saturated rings. The summed E-state index contributed by atoms with van der Waals surface area (Å²) in [6, 6.07) is 18.3. The van der Waals surface area contributed by atoms with Gasteiger partial charge in [0.1, 0.15) is 17.5 Å². The van der Waals surface area contributed by atoms with Crippen molar-refractivity contribution in [1.29, 1.82) is 0 Å². The van der Waals surface area contributed by atoms with Crippen molar-refractivity contribution in [3.05, 3.63) is 122 Å². The third-order valence-corrected chi connectivity index (χ3v) is 6.64. The van der Waals surface area contributed by atoms with Crippen LogP contribution in [0.15, 0.2) is 80.8 Å². The predicted octanol–water partition coefficient (Wildman–Crippen LogP) is 5.11. The molecule has 0 saturated heterocycles. The first-order valence-electron chi connectivity index (χ1n) is 12.7. The summed E-state index contributed by atoms with van der Waals surface area (Å²) in [6.07, 6.45) is 1.96. The first-order valence-corrected chi connectivity index (χ1v) is 12.7. The Morgan fingerprint density at radius 1 is 0.925 bits per heavy atom. The fourth-order valence-corrected chi connectivity index (χ4v) is 4.72. The number of para-hydroxylation sites is 1.